The van der Waals surface area contributed by atoms with Crippen LogP contribution >= 0.6 is 11.8 Å². The maximum absolute atomic E-state index is 12.6. The summed E-state index contributed by atoms with van der Waals surface area (Å²) in [5.74, 6) is 1.34. The SMILES string of the molecule is O=C(CCc1ccco1)c1ccc2c(c1)N(Cc1ccccc1)C(=O)CS2. The van der Waals surface area contributed by atoms with Gasteiger partial charge in [0.1, 0.15) is 5.76 Å². The number of hydrogen-bond acceptors (Lipinski definition) is 4. The minimum Gasteiger partial charge on any atom is -0.469 e. The summed E-state index contributed by atoms with van der Waals surface area (Å²) < 4.78 is 5.30. The molecule has 2 aromatic carbocycles. The molecule has 0 spiro atoms. The van der Waals surface area contributed by atoms with E-state index in [9.17, 15) is 9.59 Å². The van der Waals surface area contributed by atoms with Crippen LogP contribution in [0.15, 0.2) is 76.2 Å². The number of anilines is 1. The number of rotatable bonds is 6. The maximum Gasteiger partial charge on any atom is 0.237 e. The Bertz CT molecular complexity index is 951. The first kappa shape index (κ1) is 17.6. The summed E-state index contributed by atoms with van der Waals surface area (Å²) in [5, 5.41) is 0. The van der Waals surface area contributed by atoms with E-state index in [-0.39, 0.29) is 11.7 Å². The number of amides is 1. The summed E-state index contributed by atoms with van der Waals surface area (Å²) in [7, 11) is 0. The van der Waals surface area contributed by atoms with Gasteiger partial charge in [0.05, 0.1) is 24.2 Å². The van der Waals surface area contributed by atoms with Crippen LogP contribution in [0.5, 0.6) is 0 Å². The maximum atomic E-state index is 12.6. The number of furan rings is 1. The number of thioether (sulfide) groups is 1. The Labute approximate surface area is 162 Å². The van der Waals surface area contributed by atoms with E-state index in [4.69, 9.17) is 4.42 Å². The Balaban J connectivity index is 1.56. The van der Waals surface area contributed by atoms with Crippen molar-refractivity contribution >= 4 is 29.1 Å². The third-order valence-electron chi connectivity index (χ3n) is 4.59. The van der Waals surface area contributed by atoms with E-state index in [1.165, 1.54) is 11.8 Å². The molecule has 3 aromatic rings. The Hall–Kier alpha value is -2.79. The van der Waals surface area contributed by atoms with Crippen molar-refractivity contribution in [1.82, 2.24) is 0 Å². The van der Waals surface area contributed by atoms with E-state index < -0.39 is 0 Å². The number of aryl methyl sites for hydroxylation is 1. The molecule has 0 radical (unpaired) electrons. The first-order valence-electron chi connectivity index (χ1n) is 8.87. The molecule has 0 bridgehead atoms. The van der Waals surface area contributed by atoms with Crippen LogP contribution in [0.1, 0.15) is 28.1 Å². The van der Waals surface area contributed by atoms with Crippen LogP contribution < -0.4 is 4.90 Å². The zero-order chi connectivity index (χ0) is 18.6. The largest absolute Gasteiger partial charge is 0.469 e. The number of Topliss-reactive ketones (excluding diaryl/α,β-unsaturated/α-hetero) is 1. The molecule has 0 fully saturated rings. The van der Waals surface area contributed by atoms with Crippen LogP contribution in [0.25, 0.3) is 0 Å². The van der Waals surface area contributed by atoms with E-state index in [0.29, 0.717) is 30.7 Å². The van der Waals surface area contributed by atoms with Gasteiger partial charge in [0.25, 0.3) is 0 Å². The molecule has 27 heavy (non-hydrogen) atoms. The lowest BCUT2D eigenvalue weighted by molar-refractivity contribution is -0.116. The van der Waals surface area contributed by atoms with Crippen molar-refractivity contribution in [2.75, 3.05) is 10.7 Å². The molecule has 5 heteroatoms. The van der Waals surface area contributed by atoms with Gasteiger partial charge in [0, 0.05) is 23.3 Å². The fourth-order valence-corrected chi connectivity index (χ4v) is 4.07. The molecule has 136 valence electrons. The number of carbonyl (C=O) groups excluding carboxylic acids is 2. The van der Waals surface area contributed by atoms with E-state index in [0.717, 1.165) is 21.9 Å². The zero-order valence-electron chi connectivity index (χ0n) is 14.8. The molecule has 1 aliphatic rings. The van der Waals surface area contributed by atoms with Gasteiger partial charge in [-0.1, -0.05) is 36.4 Å². The van der Waals surface area contributed by atoms with Gasteiger partial charge in [-0.25, -0.2) is 0 Å². The molecule has 0 N–H and O–H groups in total. The zero-order valence-corrected chi connectivity index (χ0v) is 15.6. The normalized spacial score (nSPS) is 13.5. The van der Waals surface area contributed by atoms with Gasteiger partial charge >= 0.3 is 0 Å². The van der Waals surface area contributed by atoms with E-state index in [2.05, 4.69) is 0 Å². The number of fused-ring (bicyclic) bond motifs is 1. The lowest BCUT2D eigenvalue weighted by Gasteiger charge is -2.29. The molecule has 0 saturated heterocycles. The molecule has 1 aliphatic heterocycles. The highest BCUT2D eigenvalue weighted by Crippen LogP contribution is 2.37. The number of hydrogen-bond donors (Lipinski definition) is 0. The summed E-state index contributed by atoms with van der Waals surface area (Å²) in [6.07, 6.45) is 2.57. The Kier molecular flexibility index (Phi) is 5.12. The Morgan fingerprint density at radius 2 is 1.93 bits per heavy atom. The first-order valence-corrected chi connectivity index (χ1v) is 9.86. The summed E-state index contributed by atoms with van der Waals surface area (Å²) in [6, 6.07) is 19.3. The molecule has 4 nitrogen and oxygen atoms in total. The summed E-state index contributed by atoms with van der Waals surface area (Å²) >= 11 is 1.53. The van der Waals surface area contributed by atoms with Crippen molar-refractivity contribution in [3.8, 4) is 0 Å². The summed E-state index contributed by atoms with van der Waals surface area (Å²) in [4.78, 5) is 28.0. The van der Waals surface area contributed by atoms with Crippen molar-refractivity contribution < 1.29 is 14.0 Å². The third kappa shape index (κ3) is 3.98. The smallest absolute Gasteiger partial charge is 0.237 e. The molecule has 0 aliphatic carbocycles. The highest BCUT2D eigenvalue weighted by molar-refractivity contribution is 8.00. The molecule has 0 atom stereocenters. The first-order chi connectivity index (χ1) is 13.2. The highest BCUT2D eigenvalue weighted by atomic mass is 32.2. The van der Waals surface area contributed by atoms with Crippen molar-refractivity contribution in [2.45, 2.75) is 24.3 Å². The molecule has 4 rings (SSSR count). The number of benzene rings is 2. The lowest BCUT2D eigenvalue weighted by Crippen LogP contribution is -2.34. The molecule has 0 saturated carbocycles. The topological polar surface area (TPSA) is 50.5 Å². The van der Waals surface area contributed by atoms with Crippen LogP contribution in [0, 0.1) is 0 Å². The minimum atomic E-state index is 0.0527. The molecular formula is C22H19NO3S. The van der Waals surface area contributed by atoms with Crippen molar-refractivity contribution in [2.24, 2.45) is 0 Å². The van der Waals surface area contributed by atoms with Gasteiger partial charge < -0.3 is 9.32 Å². The van der Waals surface area contributed by atoms with Crippen LogP contribution in [0.4, 0.5) is 5.69 Å². The average Bonchev–Trinajstić information content (AvgIpc) is 3.22. The van der Waals surface area contributed by atoms with Gasteiger partial charge in [-0.05, 0) is 29.8 Å². The fourth-order valence-electron chi connectivity index (χ4n) is 3.15. The van der Waals surface area contributed by atoms with Gasteiger partial charge in [0.2, 0.25) is 5.91 Å². The number of nitrogens with zero attached hydrogens (tertiary/aromatic N) is 1. The van der Waals surface area contributed by atoms with Crippen molar-refractivity contribution in [3.63, 3.8) is 0 Å². The molecule has 1 aromatic heterocycles. The quantitative estimate of drug-likeness (QED) is 0.583. The summed E-state index contributed by atoms with van der Waals surface area (Å²) in [6.45, 7) is 0.511. The van der Waals surface area contributed by atoms with Gasteiger partial charge in [-0.3, -0.25) is 9.59 Å². The van der Waals surface area contributed by atoms with Crippen LogP contribution in [-0.2, 0) is 17.8 Å². The van der Waals surface area contributed by atoms with Gasteiger partial charge in [-0.2, -0.15) is 0 Å². The second kappa shape index (κ2) is 7.84. The molecule has 2 heterocycles. The monoisotopic (exact) mass is 377 g/mol. The third-order valence-corrected chi connectivity index (χ3v) is 5.63. The van der Waals surface area contributed by atoms with Crippen molar-refractivity contribution in [1.29, 1.82) is 0 Å². The minimum absolute atomic E-state index is 0.0527. The molecular weight excluding hydrogens is 358 g/mol. The Morgan fingerprint density at radius 1 is 1.07 bits per heavy atom. The fraction of sp³-hybridized carbons (Fsp3) is 0.182. The average molecular weight is 377 g/mol. The van der Waals surface area contributed by atoms with Crippen molar-refractivity contribution in [3.05, 3.63) is 83.8 Å². The standard InChI is InChI=1S/C22H19NO3S/c24-20(10-9-18-7-4-12-26-18)17-8-11-21-19(13-17)23(22(25)15-27-21)14-16-5-2-1-3-6-16/h1-8,11-13H,9-10,14-15H2. The molecule has 0 unspecified atom stereocenters. The van der Waals surface area contributed by atoms with Crippen LogP contribution in [0.3, 0.4) is 0 Å². The number of carbonyl (C=O) groups is 2. The summed E-state index contributed by atoms with van der Waals surface area (Å²) in [5.41, 5.74) is 2.52. The van der Waals surface area contributed by atoms with Crippen LogP contribution in [-0.4, -0.2) is 17.4 Å². The lowest BCUT2D eigenvalue weighted by atomic mass is 10.0. The van der Waals surface area contributed by atoms with Gasteiger partial charge in [-0.15, -0.1) is 11.8 Å². The van der Waals surface area contributed by atoms with Crippen LogP contribution in [0.2, 0.25) is 0 Å². The predicted octanol–water partition coefficient (Wildman–Crippen LogP) is 4.73. The molecule has 1 amide bonds. The second-order valence-corrected chi connectivity index (χ2v) is 7.46. The Morgan fingerprint density at radius 3 is 2.70 bits per heavy atom. The van der Waals surface area contributed by atoms with E-state index in [1.807, 2.05) is 60.7 Å². The van der Waals surface area contributed by atoms with E-state index in [1.54, 1.807) is 11.2 Å². The van der Waals surface area contributed by atoms with E-state index >= 15 is 0 Å². The highest BCUT2D eigenvalue weighted by Gasteiger charge is 2.26. The van der Waals surface area contributed by atoms with Gasteiger partial charge in [0.15, 0.2) is 5.78 Å². The number of ketones is 1. The second-order valence-electron chi connectivity index (χ2n) is 6.44. The predicted molar refractivity (Wildman–Crippen MR) is 106 cm³/mol.